The van der Waals surface area contributed by atoms with E-state index >= 15 is 0 Å². The highest BCUT2D eigenvalue weighted by molar-refractivity contribution is 5.31. The molecule has 0 saturated heterocycles. The Labute approximate surface area is 117 Å². The first kappa shape index (κ1) is 15.7. The molecule has 1 aromatic rings. The Morgan fingerprint density at radius 1 is 1.21 bits per heavy atom. The molecule has 3 nitrogen and oxygen atoms in total. The van der Waals surface area contributed by atoms with Gasteiger partial charge in [-0.15, -0.1) is 0 Å². The van der Waals surface area contributed by atoms with E-state index in [-0.39, 0.29) is 0 Å². The molecule has 0 aliphatic rings. The molecule has 1 atom stereocenters. The molecule has 0 spiro atoms. The van der Waals surface area contributed by atoms with Gasteiger partial charge in [0, 0.05) is 19.1 Å². The van der Waals surface area contributed by atoms with Crippen LogP contribution in [0.5, 0.6) is 0 Å². The molecule has 0 bridgehead atoms. The summed E-state index contributed by atoms with van der Waals surface area (Å²) in [5.41, 5.74) is 6.27. The van der Waals surface area contributed by atoms with Gasteiger partial charge in [-0.25, -0.2) is 0 Å². The molecule has 0 aromatic heterocycles. The lowest BCUT2D eigenvalue weighted by Gasteiger charge is -2.34. The zero-order chi connectivity index (χ0) is 14.5. The third-order valence-electron chi connectivity index (χ3n) is 3.27. The lowest BCUT2D eigenvalue weighted by Crippen LogP contribution is -2.49. The molecular formula is C16H25N3. The summed E-state index contributed by atoms with van der Waals surface area (Å²) in [5.74, 6) is 0.557. The van der Waals surface area contributed by atoms with Crippen molar-refractivity contribution in [3.8, 4) is 6.07 Å². The highest BCUT2D eigenvalue weighted by Gasteiger charge is 2.30. The Hall–Kier alpha value is -1.37. The SMILES string of the molecule is CC(C)CN(CC(N)(C#N)c1ccccc1)C(C)C. The van der Waals surface area contributed by atoms with E-state index in [4.69, 9.17) is 5.73 Å². The number of benzene rings is 1. The first-order valence-corrected chi connectivity index (χ1v) is 6.88. The van der Waals surface area contributed by atoms with Crippen molar-refractivity contribution < 1.29 is 0 Å². The summed E-state index contributed by atoms with van der Waals surface area (Å²) in [4.78, 5) is 2.28. The fourth-order valence-electron chi connectivity index (χ4n) is 2.17. The van der Waals surface area contributed by atoms with Crippen LogP contribution in [0.4, 0.5) is 0 Å². The van der Waals surface area contributed by atoms with E-state index < -0.39 is 5.54 Å². The van der Waals surface area contributed by atoms with Crippen LogP contribution in [0.15, 0.2) is 30.3 Å². The largest absolute Gasteiger partial charge is 0.309 e. The first-order chi connectivity index (χ1) is 8.89. The Kier molecular flexibility index (Phi) is 5.53. The van der Waals surface area contributed by atoms with E-state index in [2.05, 4.69) is 38.7 Å². The minimum atomic E-state index is -0.944. The van der Waals surface area contributed by atoms with Crippen molar-refractivity contribution in [3.63, 3.8) is 0 Å². The number of hydrogen-bond donors (Lipinski definition) is 1. The molecule has 0 fully saturated rings. The van der Waals surface area contributed by atoms with Gasteiger partial charge in [0.05, 0.1) is 6.07 Å². The van der Waals surface area contributed by atoms with E-state index in [9.17, 15) is 5.26 Å². The van der Waals surface area contributed by atoms with Gasteiger partial charge in [-0.1, -0.05) is 44.2 Å². The van der Waals surface area contributed by atoms with Crippen molar-refractivity contribution in [2.45, 2.75) is 39.3 Å². The molecule has 0 heterocycles. The summed E-state index contributed by atoms with van der Waals surface area (Å²) >= 11 is 0. The molecule has 0 aliphatic heterocycles. The van der Waals surface area contributed by atoms with E-state index in [1.807, 2.05) is 30.3 Å². The molecule has 1 unspecified atom stereocenters. The Morgan fingerprint density at radius 2 is 1.79 bits per heavy atom. The van der Waals surface area contributed by atoms with E-state index in [1.165, 1.54) is 0 Å². The number of nitrogens with two attached hydrogens (primary N) is 1. The summed E-state index contributed by atoms with van der Waals surface area (Å²) in [6.45, 7) is 10.2. The third kappa shape index (κ3) is 4.34. The fraction of sp³-hybridized carbons (Fsp3) is 0.562. The van der Waals surface area contributed by atoms with Crippen LogP contribution in [0.2, 0.25) is 0 Å². The smallest absolute Gasteiger partial charge is 0.142 e. The van der Waals surface area contributed by atoms with Crippen molar-refractivity contribution >= 4 is 0 Å². The van der Waals surface area contributed by atoms with E-state index in [0.29, 0.717) is 18.5 Å². The highest BCUT2D eigenvalue weighted by atomic mass is 15.2. The van der Waals surface area contributed by atoms with Gasteiger partial charge >= 0.3 is 0 Å². The molecule has 0 aliphatic carbocycles. The maximum Gasteiger partial charge on any atom is 0.142 e. The van der Waals surface area contributed by atoms with Crippen molar-refractivity contribution in [1.82, 2.24) is 4.90 Å². The zero-order valence-electron chi connectivity index (χ0n) is 12.4. The molecule has 1 aromatic carbocycles. The lowest BCUT2D eigenvalue weighted by molar-refractivity contribution is 0.169. The first-order valence-electron chi connectivity index (χ1n) is 6.88. The molecule has 19 heavy (non-hydrogen) atoms. The quantitative estimate of drug-likeness (QED) is 0.854. The van der Waals surface area contributed by atoms with Crippen molar-refractivity contribution in [2.24, 2.45) is 11.7 Å². The fourth-order valence-corrected chi connectivity index (χ4v) is 2.17. The molecule has 0 amide bonds. The average Bonchev–Trinajstić information content (AvgIpc) is 2.38. The maximum absolute atomic E-state index is 9.50. The summed E-state index contributed by atoms with van der Waals surface area (Å²) in [5, 5.41) is 9.50. The predicted octanol–water partition coefficient (Wildman–Crippen LogP) is 2.73. The second kappa shape index (κ2) is 6.70. The topological polar surface area (TPSA) is 53.0 Å². The minimum absolute atomic E-state index is 0.377. The van der Waals surface area contributed by atoms with E-state index in [1.54, 1.807) is 0 Å². The summed E-state index contributed by atoms with van der Waals surface area (Å²) in [7, 11) is 0. The second-order valence-electron chi connectivity index (χ2n) is 5.87. The van der Waals surface area contributed by atoms with Gasteiger partial charge in [0.2, 0.25) is 0 Å². The number of nitriles is 1. The van der Waals surface area contributed by atoms with Gasteiger partial charge < -0.3 is 5.73 Å². The molecule has 2 N–H and O–H groups in total. The van der Waals surface area contributed by atoms with Crippen molar-refractivity contribution in [1.29, 1.82) is 5.26 Å². The summed E-state index contributed by atoms with van der Waals surface area (Å²) in [6.07, 6.45) is 0. The highest BCUT2D eigenvalue weighted by Crippen LogP contribution is 2.20. The standard InChI is InChI=1S/C16H25N3/c1-13(2)10-19(14(3)4)12-16(18,11-17)15-8-6-5-7-9-15/h5-9,13-14H,10,12,18H2,1-4H3. The predicted molar refractivity (Wildman–Crippen MR) is 79.5 cm³/mol. The molecule has 1 rings (SSSR count). The van der Waals surface area contributed by atoms with Crippen molar-refractivity contribution in [3.05, 3.63) is 35.9 Å². The van der Waals surface area contributed by atoms with Crippen LogP contribution in [0.25, 0.3) is 0 Å². The maximum atomic E-state index is 9.50. The Bertz CT molecular complexity index is 419. The number of rotatable bonds is 6. The molecule has 0 saturated carbocycles. The average molecular weight is 259 g/mol. The van der Waals surface area contributed by atoms with Crippen molar-refractivity contribution in [2.75, 3.05) is 13.1 Å². The van der Waals surface area contributed by atoms with Crippen LogP contribution < -0.4 is 5.73 Å². The van der Waals surface area contributed by atoms with Gasteiger partial charge in [-0.2, -0.15) is 5.26 Å². The second-order valence-corrected chi connectivity index (χ2v) is 5.87. The van der Waals surface area contributed by atoms with Crippen LogP contribution >= 0.6 is 0 Å². The summed E-state index contributed by atoms with van der Waals surface area (Å²) < 4.78 is 0. The van der Waals surface area contributed by atoms with Gasteiger partial charge in [0.15, 0.2) is 0 Å². The van der Waals surface area contributed by atoms with Crippen LogP contribution in [-0.4, -0.2) is 24.0 Å². The molecule has 0 radical (unpaired) electrons. The molecule has 104 valence electrons. The lowest BCUT2D eigenvalue weighted by atomic mass is 9.91. The number of hydrogen-bond acceptors (Lipinski definition) is 3. The van der Waals surface area contributed by atoms with Gasteiger partial charge in [-0.3, -0.25) is 4.90 Å². The van der Waals surface area contributed by atoms with Gasteiger partial charge in [0.1, 0.15) is 5.54 Å². The molecular weight excluding hydrogens is 234 g/mol. The van der Waals surface area contributed by atoms with Crippen LogP contribution in [0.1, 0.15) is 33.3 Å². The van der Waals surface area contributed by atoms with Crippen LogP contribution in [-0.2, 0) is 5.54 Å². The van der Waals surface area contributed by atoms with E-state index in [0.717, 1.165) is 12.1 Å². The summed E-state index contributed by atoms with van der Waals surface area (Å²) in [6, 6.07) is 12.3. The van der Waals surface area contributed by atoms with Gasteiger partial charge in [-0.05, 0) is 25.3 Å². The van der Waals surface area contributed by atoms with Crippen LogP contribution in [0.3, 0.4) is 0 Å². The minimum Gasteiger partial charge on any atom is -0.309 e. The zero-order valence-corrected chi connectivity index (χ0v) is 12.4. The van der Waals surface area contributed by atoms with Gasteiger partial charge in [0.25, 0.3) is 0 Å². The Morgan fingerprint density at radius 3 is 2.21 bits per heavy atom. The Balaban J connectivity index is 2.94. The normalized spacial score (nSPS) is 14.7. The molecule has 3 heteroatoms. The van der Waals surface area contributed by atoms with Crippen LogP contribution in [0, 0.1) is 17.2 Å². The monoisotopic (exact) mass is 259 g/mol. The number of nitrogens with zero attached hydrogens (tertiary/aromatic N) is 2. The third-order valence-corrected chi connectivity index (χ3v) is 3.27.